The Morgan fingerprint density at radius 3 is 2.65 bits per heavy atom. The summed E-state index contributed by atoms with van der Waals surface area (Å²) in [5.74, 6) is 0.644. The number of ether oxygens (including phenoxy) is 1. The Kier molecular flexibility index (Phi) is 4.92. The summed E-state index contributed by atoms with van der Waals surface area (Å²) >= 11 is 17.6. The zero-order valence-corrected chi connectivity index (χ0v) is 12.9. The van der Waals surface area contributed by atoms with Crippen LogP contribution >= 0.6 is 34.8 Å². The van der Waals surface area contributed by atoms with Crippen LogP contribution in [0.25, 0.3) is 0 Å². The van der Waals surface area contributed by atoms with Gasteiger partial charge in [0.2, 0.25) is 0 Å². The normalized spacial score (nSPS) is 10.4. The van der Waals surface area contributed by atoms with E-state index >= 15 is 0 Å². The van der Waals surface area contributed by atoms with Crippen LogP contribution in [0.4, 0.5) is 0 Å². The molecule has 2 aromatic carbocycles. The van der Waals surface area contributed by atoms with Gasteiger partial charge in [0, 0.05) is 21.2 Å². The van der Waals surface area contributed by atoms with E-state index in [0.29, 0.717) is 26.9 Å². The number of rotatable bonds is 4. The zero-order valence-electron chi connectivity index (χ0n) is 10.6. The van der Waals surface area contributed by atoms with E-state index in [1.807, 2.05) is 13.0 Å². The van der Waals surface area contributed by atoms with Crippen LogP contribution in [-0.2, 0) is 6.61 Å². The van der Waals surface area contributed by atoms with Gasteiger partial charge in [-0.15, -0.1) is 0 Å². The maximum absolute atomic E-state index is 11.4. The first-order valence-electron chi connectivity index (χ1n) is 5.85. The van der Waals surface area contributed by atoms with Crippen molar-refractivity contribution in [2.45, 2.75) is 13.5 Å². The van der Waals surface area contributed by atoms with Crippen molar-refractivity contribution < 1.29 is 9.53 Å². The average Bonchev–Trinajstić information content (AvgIpc) is 2.40. The Balaban J connectivity index is 2.27. The topological polar surface area (TPSA) is 26.3 Å². The lowest BCUT2D eigenvalue weighted by atomic mass is 10.1. The Morgan fingerprint density at radius 2 is 1.95 bits per heavy atom. The number of carbonyl (C=O) groups excluding carboxylic acids is 1. The Bertz CT molecular complexity index is 654. The monoisotopic (exact) mass is 328 g/mol. The third-order valence-corrected chi connectivity index (χ3v) is 3.65. The fraction of sp³-hybridized carbons (Fsp3) is 0.133. The molecule has 0 aliphatic rings. The van der Waals surface area contributed by atoms with E-state index in [0.717, 1.165) is 5.56 Å². The quantitative estimate of drug-likeness (QED) is 0.715. The molecule has 0 spiro atoms. The maximum Gasteiger partial charge on any atom is 0.252 e. The van der Waals surface area contributed by atoms with Crippen LogP contribution in [0.2, 0.25) is 10.0 Å². The van der Waals surface area contributed by atoms with Gasteiger partial charge < -0.3 is 4.74 Å². The number of halogens is 3. The van der Waals surface area contributed by atoms with Gasteiger partial charge in [-0.1, -0.05) is 35.3 Å². The highest BCUT2D eigenvalue weighted by atomic mass is 35.5. The molecule has 0 atom stereocenters. The molecule has 2 aromatic rings. The van der Waals surface area contributed by atoms with Crippen LogP contribution in [-0.4, -0.2) is 5.24 Å². The molecular formula is C15H11Cl3O2. The summed E-state index contributed by atoms with van der Waals surface area (Å²) in [6, 6.07) is 10.3. The number of hydrogen-bond acceptors (Lipinski definition) is 2. The van der Waals surface area contributed by atoms with Gasteiger partial charge in [-0.2, -0.15) is 0 Å². The van der Waals surface area contributed by atoms with Crippen molar-refractivity contribution in [1.29, 1.82) is 0 Å². The van der Waals surface area contributed by atoms with Gasteiger partial charge in [-0.05, 0) is 48.4 Å². The van der Waals surface area contributed by atoms with Crippen molar-refractivity contribution in [1.82, 2.24) is 0 Å². The minimum Gasteiger partial charge on any atom is -0.489 e. The lowest BCUT2D eigenvalue weighted by Gasteiger charge is -2.12. The molecule has 0 amide bonds. The number of aryl methyl sites for hydroxylation is 1. The predicted molar refractivity (Wildman–Crippen MR) is 82.2 cm³/mol. The van der Waals surface area contributed by atoms with E-state index in [4.69, 9.17) is 39.5 Å². The molecule has 0 aliphatic heterocycles. The smallest absolute Gasteiger partial charge is 0.252 e. The van der Waals surface area contributed by atoms with Crippen molar-refractivity contribution in [3.63, 3.8) is 0 Å². The van der Waals surface area contributed by atoms with Gasteiger partial charge in [0.05, 0.1) is 0 Å². The SMILES string of the molecule is Cc1ccc(Cl)cc1OCc1c(Cl)cccc1C(=O)Cl. The Labute approximate surface area is 132 Å². The minimum atomic E-state index is -0.561. The van der Waals surface area contributed by atoms with E-state index in [2.05, 4.69) is 0 Å². The summed E-state index contributed by atoms with van der Waals surface area (Å²) in [6.07, 6.45) is 0. The van der Waals surface area contributed by atoms with Crippen LogP contribution in [0.15, 0.2) is 36.4 Å². The first-order valence-corrected chi connectivity index (χ1v) is 6.98. The van der Waals surface area contributed by atoms with Gasteiger partial charge >= 0.3 is 0 Å². The first kappa shape index (κ1) is 15.2. The molecule has 104 valence electrons. The highest BCUT2D eigenvalue weighted by Crippen LogP contribution is 2.27. The number of hydrogen-bond donors (Lipinski definition) is 0. The average molecular weight is 330 g/mol. The third kappa shape index (κ3) is 3.45. The molecule has 0 radical (unpaired) electrons. The second-order valence-electron chi connectivity index (χ2n) is 4.24. The zero-order chi connectivity index (χ0) is 14.7. The third-order valence-electron chi connectivity index (χ3n) is 2.85. The predicted octanol–water partition coefficient (Wildman–Crippen LogP) is 5.26. The van der Waals surface area contributed by atoms with Crippen molar-refractivity contribution in [3.05, 3.63) is 63.1 Å². The molecule has 0 bridgehead atoms. The molecule has 2 rings (SSSR count). The van der Waals surface area contributed by atoms with Gasteiger partial charge in [0.15, 0.2) is 0 Å². The number of benzene rings is 2. The van der Waals surface area contributed by atoms with E-state index in [1.54, 1.807) is 30.3 Å². The summed E-state index contributed by atoms with van der Waals surface area (Å²) in [4.78, 5) is 11.4. The summed E-state index contributed by atoms with van der Waals surface area (Å²) in [5, 5.41) is 0.462. The minimum absolute atomic E-state index is 0.147. The molecule has 0 aromatic heterocycles. The fourth-order valence-electron chi connectivity index (χ4n) is 1.77. The lowest BCUT2D eigenvalue weighted by molar-refractivity contribution is 0.107. The molecule has 0 heterocycles. The van der Waals surface area contributed by atoms with Gasteiger partial charge in [0.1, 0.15) is 12.4 Å². The highest BCUT2D eigenvalue weighted by molar-refractivity contribution is 6.68. The van der Waals surface area contributed by atoms with Crippen molar-refractivity contribution >= 4 is 40.0 Å². The highest BCUT2D eigenvalue weighted by Gasteiger charge is 2.13. The Hall–Kier alpha value is -1.22. The van der Waals surface area contributed by atoms with Crippen LogP contribution in [0.1, 0.15) is 21.5 Å². The van der Waals surface area contributed by atoms with Gasteiger partial charge in [-0.25, -0.2) is 0 Å². The van der Waals surface area contributed by atoms with Crippen LogP contribution < -0.4 is 4.74 Å². The molecule has 5 heteroatoms. The summed E-state index contributed by atoms with van der Waals surface area (Å²) in [7, 11) is 0. The fourth-order valence-corrected chi connectivity index (χ4v) is 2.34. The molecule has 2 nitrogen and oxygen atoms in total. The molecule has 0 saturated carbocycles. The van der Waals surface area contributed by atoms with Crippen LogP contribution in [0, 0.1) is 6.92 Å². The summed E-state index contributed by atoms with van der Waals surface area (Å²) in [6.45, 7) is 2.06. The van der Waals surface area contributed by atoms with Crippen LogP contribution in [0.3, 0.4) is 0 Å². The molecule has 0 N–H and O–H groups in total. The van der Waals surface area contributed by atoms with Crippen LogP contribution in [0.5, 0.6) is 5.75 Å². The van der Waals surface area contributed by atoms with Gasteiger partial charge in [-0.3, -0.25) is 4.79 Å². The molecule has 20 heavy (non-hydrogen) atoms. The van der Waals surface area contributed by atoms with E-state index in [1.165, 1.54) is 0 Å². The Morgan fingerprint density at radius 1 is 1.20 bits per heavy atom. The lowest BCUT2D eigenvalue weighted by Crippen LogP contribution is -2.04. The standard InChI is InChI=1S/C15H11Cl3O2/c1-9-5-6-10(16)7-14(9)20-8-12-11(15(18)19)3-2-4-13(12)17/h2-7H,8H2,1H3. The largest absolute Gasteiger partial charge is 0.489 e. The van der Waals surface area contributed by atoms with Crippen molar-refractivity contribution in [2.24, 2.45) is 0 Å². The molecular weight excluding hydrogens is 319 g/mol. The molecule has 0 fully saturated rings. The first-order chi connectivity index (χ1) is 9.49. The van der Waals surface area contributed by atoms with E-state index in [9.17, 15) is 4.79 Å². The molecule has 0 unspecified atom stereocenters. The van der Waals surface area contributed by atoms with Gasteiger partial charge in [0.25, 0.3) is 5.24 Å². The molecule has 0 saturated heterocycles. The van der Waals surface area contributed by atoms with Crippen molar-refractivity contribution in [2.75, 3.05) is 0 Å². The summed E-state index contributed by atoms with van der Waals surface area (Å²) < 4.78 is 5.70. The summed E-state index contributed by atoms with van der Waals surface area (Å²) in [5.41, 5.74) is 1.85. The second-order valence-corrected chi connectivity index (χ2v) is 5.43. The van der Waals surface area contributed by atoms with E-state index in [-0.39, 0.29) is 6.61 Å². The number of carbonyl (C=O) groups is 1. The second kappa shape index (κ2) is 6.49. The maximum atomic E-state index is 11.4. The van der Waals surface area contributed by atoms with Crippen molar-refractivity contribution in [3.8, 4) is 5.75 Å². The van der Waals surface area contributed by atoms with E-state index < -0.39 is 5.24 Å². The molecule has 0 aliphatic carbocycles.